The zero-order valence-corrected chi connectivity index (χ0v) is 19.9. The van der Waals surface area contributed by atoms with Gasteiger partial charge in [0.05, 0.1) is 18.3 Å². The molecular weight excluding hydrogens is 473 g/mol. The van der Waals surface area contributed by atoms with Crippen LogP contribution in [0.5, 0.6) is 0 Å². The van der Waals surface area contributed by atoms with Gasteiger partial charge in [-0.05, 0) is 34.6 Å². The number of aromatic nitrogens is 1. The first kappa shape index (κ1) is 22.8. The zero-order valence-electron chi connectivity index (χ0n) is 17.6. The number of amides is 1. The normalized spacial score (nSPS) is 20.2. The fourth-order valence-corrected chi connectivity index (χ4v) is 3.76. The van der Waals surface area contributed by atoms with Gasteiger partial charge in [0.15, 0.2) is 5.96 Å². The lowest BCUT2D eigenvalue weighted by molar-refractivity contribution is 0.0137. The van der Waals surface area contributed by atoms with Crippen LogP contribution in [-0.4, -0.2) is 71.4 Å². The summed E-state index contributed by atoms with van der Waals surface area (Å²) < 4.78 is 10.8. The SMILES string of the molecule is Cc1noc(C)c1C(C)CNC1=NCC2CN(C(=O)OC(C)(C)C)CCN12.I. The van der Waals surface area contributed by atoms with Gasteiger partial charge in [0.2, 0.25) is 0 Å². The Labute approximate surface area is 184 Å². The van der Waals surface area contributed by atoms with E-state index < -0.39 is 5.60 Å². The minimum atomic E-state index is -0.471. The van der Waals surface area contributed by atoms with Gasteiger partial charge < -0.3 is 24.4 Å². The van der Waals surface area contributed by atoms with E-state index in [0.717, 1.165) is 36.1 Å². The first-order valence-corrected chi connectivity index (χ1v) is 9.61. The summed E-state index contributed by atoms with van der Waals surface area (Å²) in [4.78, 5) is 21.0. The van der Waals surface area contributed by atoms with Crippen LogP contribution in [0.1, 0.15) is 50.6 Å². The van der Waals surface area contributed by atoms with Crippen molar-refractivity contribution in [2.75, 3.05) is 32.7 Å². The number of halogens is 1. The number of hydrogen-bond donors (Lipinski definition) is 1. The van der Waals surface area contributed by atoms with Gasteiger partial charge in [-0.1, -0.05) is 12.1 Å². The second-order valence-corrected chi connectivity index (χ2v) is 8.46. The van der Waals surface area contributed by atoms with Crippen molar-refractivity contribution in [3.63, 3.8) is 0 Å². The molecule has 0 aromatic carbocycles. The number of rotatable bonds is 3. The number of guanidine groups is 1. The molecule has 0 radical (unpaired) electrons. The summed E-state index contributed by atoms with van der Waals surface area (Å²) in [6.07, 6.45) is -0.240. The summed E-state index contributed by atoms with van der Waals surface area (Å²) in [7, 11) is 0. The van der Waals surface area contributed by atoms with Crippen LogP contribution in [0.15, 0.2) is 9.52 Å². The van der Waals surface area contributed by atoms with E-state index in [1.165, 1.54) is 0 Å². The van der Waals surface area contributed by atoms with Crippen LogP contribution in [0.25, 0.3) is 0 Å². The van der Waals surface area contributed by atoms with E-state index in [-0.39, 0.29) is 42.0 Å². The summed E-state index contributed by atoms with van der Waals surface area (Å²) in [6, 6.07) is 0.211. The standard InChI is InChI=1S/C19H31N5O3.HI/c1-12(16-13(2)22-27-14(16)3)9-20-17-21-10-15-11-23(7-8-24(15)17)18(25)26-19(4,5)6;/h12,15H,7-11H2,1-6H3,(H,20,21);1H. The number of aryl methyl sites for hydroxylation is 2. The Morgan fingerprint density at radius 3 is 2.68 bits per heavy atom. The maximum atomic E-state index is 12.3. The third-order valence-electron chi connectivity index (χ3n) is 5.01. The average Bonchev–Trinajstić information content (AvgIpc) is 3.13. The predicted molar refractivity (Wildman–Crippen MR) is 118 cm³/mol. The number of carbonyl (C=O) groups is 1. The van der Waals surface area contributed by atoms with E-state index in [9.17, 15) is 4.79 Å². The number of piperazine rings is 1. The average molecular weight is 505 g/mol. The Morgan fingerprint density at radius 1 is 1.36 bits per heavy atom. The molecule has 1 aromatic rings. The molecule has 2 atom stereocenters. The molecule has 3 rings (SSSR count). The topological polar surface area (TPSA) is 83.2 Å². The Hall–Kier alpha value is -1.52. The second-order valence-electron chi connectivity index (χ2n) is 8.46. The molecule has 3 heterocycles. The highest BCUT2D eigenvalue weighted by Gasteiger charge is 2.36. The first-order chi connectivity index (χ1) is 12.7. The molecule has 2 aliphatic rings. The molecule has 1 fully saturated rings. The lowest BCUT2D eigenvalue weighted by Gasteiger charge is -2.39. The van der Waals surface area contributed by atoms with Crippen molar-refractivity contribution in [1.29, 1.82) is 0 Å². The maximum absolute atomic E-state index is 12.3. The second kappa shape index (κ2) is 8.87. The predicted octanol–water partition coefficient (Wildman–Crippen LogP) is 2.89. The molecule has 28 heavy (non-hydrogen) atoms. The fourth-order valence-electron chi connectivity index (χ4n) is 3.76. The molecule has 0 bridgehead atoms. The van der Waals surface area contributed by atoms with Crippen LogP contribution in [0, 0.1) is 13.8 Å². The Kier molecular flexibility index (Phi) is 7.22. The fraction of sp³-hybridized carbons (Fsp3) is 0.737. The van der Waals surface area contributed by atoms with Crippen molar-refractivity contribution in [1.82, 2.24) is 20.3 Å². The van der Waals surface area contributed by atoms with Crippen molar-refractivity contribution < 1.29 is 14.1 Å². The number of carbonyl (C=O) groups excluding carboxylic acids is 1. The Balaban J connectivity index is 0.00000280. The van der Waals surface area contributed by atoms with Gasteiger partial charge in [-0.15, -0.1) is 24.0 Å². The summed E-state index contributed by atoms with van der Waals surface area (Å²) in [6.45, 7) is 15.3. The molecular formula is C19H32IN5O3. The minimum Gasteiger partial charge on any atom is -0.444 e. The molecule has 2 aliphatic heterocycles. The highest BCUT2D eigenvalue weighted by molar-refractivity contribution is 14.0. The van der Waals surface area contributed by atoms with Crippen molar-refractivity contribution in [3.8, 4) is 0 Å². The van der Waals surface area contributed by atoms with Gasteiger partial charge >= 0.3 is 6.09 Å². The number of fused-ring (bicyclic) bond motifs is 1. The minimum absolute atomic E-state index is 0. The van der Waals surface area contributed by atoms with Gasteiger partial charge in [-0.25, -0.2) is 4.79 Å². The van der Waals surface area contributed by atoms with Gasteiger partial charge in [0.1, 0.15) is 11.4 Å². The molecule has 8 nitrogen and oxygen atoms in total. The Morgan fingerprint density at radius 2 is 2.07 bits per heavy atom. The summed E-state index contributed by atoms with van der Waals surface area (Å²) >= 11 is 0. The Bertz CT molecular complexity index is 708. The molecule has 1 N–H and O–H groups in total. The summed E-state index contributed by atoms with van der Waals surface area (Å²) in [5.41, 5.74) is 1.63. The quantitative estimate of drug-likeness (QED) is 0.637. The molecule has 0 spiro atoms. The molecule has 1 saturated heterocycles. The third-order valence-corrected chi connectivity index (χ3v) is 5.01. The smallest absolute Gasteiger partial charge is 0.410 e. The summed E-state index contributed by atoms with van der Waals surface area (Å²) in [5, 5.41) is 7.52. The number of hydrogen-bond acceptors (Lipinski definition) is 7. The zero-order chi connectivity index (χ0) is 19.8. The monoisotopic (exact) mass is 505 g/mol. The number of aliphatic imine (C=N–C) groups is 1. The first-order valence-electron chi connectivity index (χ1n) is 9.61. The molecule has 1 amide bonds. The molecule has 0 aliphatic carbocycles. The van der Waals surface area contributed by atoms with E-state index in [1.54, 1.807) is 4.90 Å². The van der Waals surface area contributed by atoms with Crippen LogP contribution in [0.4, 0.5) is 4.79 Å². The van der Waals surface area contributed by atoms with Gasteiger partial charge in [0, 0.05) is 37.7 Å². The molecule has 0 saturated carbocycles. The van der Waals surface area contributed by atoms with Crippen LogP contribution in [0.3, 0.4) is 0 Å². The largest absolute Gasteiger partial charge is 0.444 e. The molecule has 2 unspecified atom stereocenters. The lowest BCUT2D eigenvalue weighted by Crippen LogP contribution is -2.57. The van der Waals surface area contributed by atoms with Crippen LogP contribution in [0.2, 0.25) is 0 Å². The van der Waals surface area contributed by atoms with E-state index >= 15 is 0 Å². The molecule has 1 aromatic heterocycles. The van der Waals surface area contributed by atoms with Crippen molar-refractivity contribution in [3.05, 3.63) is 17.0 Å². The van der Waals surface area contributed by atoms with Crippen molar-refractivity contribution in [2.45, 2.75) is 59.1 Å². The van der Waals surface area contributed by atoms with Gasteiger partial charge in [-0.3, -0.25) is 4.99 Å². The lowest BCUT2D eigenvalue weighted by atomic mass is 10.00. The van der Waals surface area contributed by atoms with Gasteiger partial charge in [0.25, 0.3) is 0 Å². The van der Waals surface area contributed by atoms with E-state index in [2.05, 4.69) is 27.3 Å². The summed E-state index contributed by atoms with van der Waals surface area (Å²) in [5.74, 6) is 2.07. The highest BCUT2D eigenvalue weighted by Crippen LogP contribution is 2.23. The van der Waals surface area contributed by atoms with Crippen LogP contribution < -0.4 is 5.32 Å². The van der Waals surface area contributed by atoms with Crippen LogP contribution >= 0.6 is 24.0 Å². The van der Waals surface area contributed by atoms with Crippen LogP contribution in [-0.2, 0) is 4.74 Å². The van der Waals surface area contributed by atoms with E-state index in [1.807, 2.05) is 34.6 Å². The van der Waals surface area contributed by atoms with E-state index in [4.69, 9.17) is 9.26 Å². The maximum Gasteiger partial charge on any atom is 0.410 e. The van der Waals surface area contributed by atoms with Crippen molar-refractivity contribution in [2.24, 2.45) is 4.99 Å². The number of ether oxygens (including phenoxy) is 1. The number of nitrogens with one attached hydrogen (secondary N) is 1. The highest BCUT2D eigenvalue weighted by atomic mass is 127. The van der Waals surface area contributed by atoms with Crippen molar-refractivity contribution >= 4 is 36.0 Å². The number of nitrogens with zero attached hydrogens (tertiary/aromatic N) is 4. The van der Waals surface area contributed by atoms with E-state index in [0.29, 0.717) is 19.6 Å². The van der Waals surface area contributed by atoms with Gasteiger partial charge in [-0.2, -0.15) is 0 Å². The molecule has 9 heteroatoms. The third kappa shape index (κ3) is 5.09. The molecule has 158 valence electrons.